The summed E-state index contributed by atoms with van der Waals surface area (Å²) in [6, 6.07) is 18.8. The Kier molecular flexibility index (Phi) is 5.15. The minimum atomic E-state index is 0.190. The minimum Gasteiger partial charge on any atom is -0.313 e. The number of para-hydroxylation sites is 2. The summed E-state index contributed by atoms with van der Waals surface area (Å²) in [6.07, 6.45) is 7.60. The van der Waals surface area contributed by atoms with Crippen LogP contribution in [0.4, 0.5) is 11.4 Å². The van der Waals surface area contributed by atoms with E-state index in [2.05, 4.69) is 53.7 Å². The molecule has 0 radical (unpaired) electrons. The number of fused-ring (bicyclic) bond motifs is 4. The molecule has 0 aliphatic carbocycles. The molecule has 5 rings (SSSR count). The lowest BCUT2D eigenvalue weighted by Gasteiger charge is -2.36. The molecule has 1 N–H and O–H groups in total. The number of amides is 1. The van der Waals surface area contributed by atoms with Crippen LogP contribution in [0.25, 0.3) is 0 Å². The van der Waals surface area contributed by atoms with Crippen molar-refractivity contribution < 1.29 is 4.79 Å². The molecule has 4 nitrogen and oxygen atoms in total. The molecule has 2 aromatic rings. The molecule has 2 atom stereocenters. The first-order valence-electron chi connectivity index (χ1n) is 11.1. The first-order chi connectivity index (χ1) is 14.2. The molecule has 3 aliphatic rings. The third kappa shape index (κ3) is 3.60. The van der Waals surface area contributed by atoms with Gasteiger partial charge >= 0.3 is 0 Å². The van der Waals surface area contributed by atoms with Crippen molar-refractivity contribution in [2.24, 2.45) is 0 Å². The molecule has 4 heteroatoms. The standard InChI is InChI=1S/C25H31N3O/c1-27-21-12-13-22(27)17-20(16-21)26-15-14-25(29)28-23-8-4-2-6-18(23)10-11-19-7-3-5-9-24(19)28/h2-9,20-22,26H,10-17H2,1H3. The van der Waals surface area contributed by atoms with Gasteiger partial charge in [0.2, 0.25) is 5.91 Å². The second kappa shape index (κ2) is 7.92. The zero-order valence-electron chi connectivity index (χ0n) is 17.3. The topological polar surface area (TPSA) is 35.6 Å². The van der Waals surface area contributed by atoms with Crippen molar-refractivity contribution in [3.63, 3.8) is 0 Å². The fourth-order valence-corrected chi connectivity index (χ4v) is 5.62. The van der Waals surface area contributed by atoms with E-state index in [0.717, 1.165) is 42.8 Å². The van der Waals surface area contributed by atoms with E-state index in [4.69, 9.17) is 0 Å². The largest absolute Gasteiger partial charge is 0.313 e. The SMILES string of the molecule is CN1C2CCC1CC(NCCC(=O)N1c3ccccc3CCc3ccccc31)C2. The van der Waals surface area contributed by atoms with Crippen molar-refractivity contribution in [3.8, 4) is 0 Å². The van der Waals surface area contributed by atoms with Gasteiger partial charge in [-0.3, -0.25) is 9.69 Å². The highest BCUT2D eigenvalue weighted by atomic mass is 16.2. The van der Waals surface area contributed by atoms with Crippen molar-refractivity contribution in [2.45, 2.75) is 63.1 Å². The number of nitrogens with zero attached hydrogens (tertiary/aromatic N) is 2. The molecule has 3 aliphatic heterocycles. The van der Waals surface area contributed by atoms with Gasteiger partial charge in [0.25, 0.3) is 0 Å². The first-order valence-corrected chi connectivity index (χ1v) is 11.1. The van der Waals surface area contributed by atoms with Gasteiger partial charge in [-0.2, -0.15) is 0 Å². The van der Waals surface area contributed by atoms with Crippen LogP contribution in [0.2, 0.25) is 0 Å². The Morgan fingerprint density at radius 2 is 1.48 bits per heavy atom. The van der Waals surface area contributed by atoms with E-state index in [-0.39, 0.29) is 5.91 Å². The quantitative estimate of drug-likeness (QED) is 0.857. The Labute approximate surface area is 173 Å². The predicted octanol–water partition coefficient (Wildman–Crippen LogP) is 4.05. The third-order valence-corrected chi connectivity index (χ3v) is 7.25. The van der Waals surface area contributed by atoms with Gasteiger partial charge < -0.3 is 10.2 Å². The number of piperidine rings is 1. The first kappa shape index (κ1) is 18.8. The number of hydrogen-bond donors (Lipinski definition) is 1. The minimum absolute atomic E-state index is 0.190. The molecule has 2 unspecified atom stereocenters. The average Bonchev–Trinajstić information content (AvgIpc) is 2.91. The van der Waals surface area contributed by atoms with Crippen LogP contribution in [0, 0.1) is 0 Å². The number of rotatable bonds is 4. The van der Waals surface area contributed by atoms with E-state index in [1.807, 2.05) is 17.0 Å². The van der Waals surface area contributed by atoms with Gasteiger partial charge in [0, 0.05) is 31.1 Å². The van der Waals surface area contributed by atoms with Crippen LogP contribution in [0.15, 0.2) is 48.5 Å². The highest BCUT2D eigenvalue weighted by molar-refractivity contribution is 6.02. The van der Waals surface area contributed by atoms with Gasteiger partial charge in [-0.05, 0) is 68.8 Å². The summed E-state index contributed by atoms with van der Waals surface area (Å²) < 4.78 is 0. The van der Waals surface area contributed by atoms with Crippen LogP contribution in [0.3, 0.4) is 0 Å². The Bertz CT molecular complexity index is 834. The summed E-state index contributed by atoms with van der Waals surface area (Å²) in [5.41, 5.74) is 4.63. The normalized spacial score (nSPS) is 26.0. The Hall–Kier alpha value is -2.17. The van der Waals surface area contributed by atoms with Gasteiger partial charge in [0.1, 0.15) is 0 Å². The average molecular weight is 390 g/mol. The van der Waals surface area contributed by atoms with Gasteiger partial charge in [-0.25, -0.2) is 0 Å². The van der Waals surface area contributed by atoms with Crippen LogP contribution < -0.4 is 10.2 Å². The van der Waals surface area contributed by atoms with Gasteiger partial charge in [0.15, 0.2) is 0 Å². The summed E-state index contributed by atoms with van der Waals surface area (Å²) in [4.78, 5) is 17.9. The van der Waals surface area contributed by atoms with Gasteiger partial charge in [0.05, 0.1) is 11.4 Å². The summed E-state index contributed by atoms with van der Waals surface area (Å²) in [7, 11) is 2.27. The fraction of sp³-hybridized carbons (Fsp3) is 0.480. The summed E-state index contributed by atoms with van der Waals surface area (Å²) in [5.74, 6) is 0.190. The number of carbonyl (C=O) groups excluding carboxylic acids is 1. The van der Waals surface area contributed by atoms with Crippen LogP contribution in [-0.4, -0.2) is 42.5 Å². The van der Waals surface area contributed by atoms with E-state index < -0.39 is 0 Å². The summed E-state index contributed by atoms with van der Waals surface area (Å²) in [6.45, 7) is 0.757. The van der Waals surface area contributed by atoms with E-state index >= 15 is 0 Å². The van der Waals surface area contributed by atoms with E-state index in [9.17, 15) is 4.79 Å². The second-order valence-electron chi connectivity index (χ2n) is 8.91. The molecular weight excluding hydrogens is 358 g/mol. The monoisotopic (exact) mass is 389 g/mol. The molecule has 1 amide bonds. The number of anilines is 2. The lowest BCUT2D eigenvalue weighted by atomic mass is 9.98. The second-order valence-corrected chi connectivity index (χ2v) is 8.91. The van der Waals surface area contributed by atoms with E-state index in [1.165, 1.54) is 36.8 Å². The van der Waals surface area contributed by atoms with Crippen molar-refractivity contribution in [1.29, 1.82) is 0 Å². The molecule has 0 spiro atoms. The Balaban J connectivity index is 1.29. The molecule has 2 fully saturated rings. The zero-order valence-corrected chi connectivity index (χ0v) is 17.3. The van der Waals surface area contributed by atoms with Crippen LogP contribution in [-0.2, 0) is 17.6 Å². The maximum absolute atomic E-state index is 13.4. The number of aryl methyl sites for hydroxylation is 2. The Morgan fingerprint density at radius 1 is 0.931 bits per heavy atom. The maximum Gasteiger partial charge on any atom is 0.232 e. The lowest BCUT2D eigenvalue weighted by molar-refractivity contribution is -0.117. The fourth-order valence-electron chi connectivity index (χ4n) is 5.62. The molecule has 0 aromatic heterocycles. The molecule has 3 heterocycles. The highest BCUT2D eigenvalue weighted by Crippen LogP contribution is 2.37. The van der Waals surface area contributed by atoms with Crippen LogP contribution >= 0.6 is 0 Å². The van der Waals surface area contributed by atoms with Crippen LogP contribution in [0.5, 0.6) is 0 Å². The highest BCUT2D eigenvalue weighted by Gasteiger charge is 2.38. The molecular formula is C25H31N3O. The van der Waals surface area contributed by atoms with Crippen molar-refractivity contribution in [3.05, 3.63) is 59.7 Å². The molecule has 152 valence electrons. The van der Waals surface area contributed by atoms with Crippen LogP contribution in [0.1, 0.15) is 43.2 Å². The smallest absolute Gasteiger partial charge is 0.232 e. The van der Waals surface area contributed by atoms with Crippen molar-refractivity contribution in [2.75, 3.05) is 18.5 Å². The third-order valence-electron chi connectivity index (χ3n) is 7.25. The lowest BCUT2D eigenvalue weighted by Crippen LogP contribution is -2.47. The zero-order chi connectivity index (χ0) is 19.8. The number of nitrogens with one attached hydrogen (secondary N) is 1. The van der Waals surface area contributed by atoms with Crippen molar-refractivity contribution >= 4 is 17.3 Å². The Morgan fingerprint density at radius 3 is 2.07 bits per heavy atom. The molecule has 2 aromatic carbocycles. The molecule has 0 saturated carbocycles. The molecule has 2 saturated heterocycles. The maximum atomic E-state index is 13.4. The molecule has 2 bridgehead atoms. The van der Waals surface area contributed by atoms with Gasteiger partial charge in [-0.15, -0.1) is 0 Å². The number of carbonyl (C=O) groups is 1. The summed E-state index contributed by atoms with van der Waals surface area (Å²) in [5, 5.41) is 3.70. The van der Waals surface area contributed by atoms with Crippen molar-refractivity contribution in [1.82, 2.24) is 10.2 Å². The summed E-state index contributed by atoms with van der Waals surface area (Å²) >= 11 is 0. The van der Waals surface area contributed by atoms with Gasteiger partial charge in [-0.1, -0.05) is 36.4 Å². The van der Waals surface area contributed by atoms with E-state index in [1.54, 1.807) is 0 Å². The predicted molar refractivity (Wildman–Crippen MR) is 118 cm³/mol. The number of hydrogen-bond acceptors (Lipinski definition) is 3. The van der Waals surface area contributed by atoms with E-state index in [0.29, 0.717) is 12.5 Å². The molecule has 29 heavy (non-hydrogen) atoms. The number of benzene rings is 2.